The van der Waals surface area contributed by atoms with Crippen LogP contribution >= 0.6 is 0 Å². The van der Waals surface area contributed by atoms with E-state index in [9.17, 15) is 4.79 Å². The van der Waals surface area contributed by atoms with Gasteiger partial charge in [0, 0.05) is 38.8 Å². The van der Waals surface area contributed by atoms with Crippen molar-refractivity contribution in [3.8, 4) is 0 Å². The van der Waals surface area contributed by atoms with Crippen molar-refractivity contribution in [3.05, 3.63) is 0 Å². The van der Waals surface area contributed by atoms with Gasteiger partial charge in [-0.1, -0.05) is 0 Å². The standard InChI is InChI=1S/C14H27N3O2/c1-4-19-13(18)17-9-5-6-12(14(17,2)3)16-10-7-15-8-11-16/h12,15H,4-11H2,1-3H3. The highest BCUT2D eigenvalue weighted by Gasteiger charge is 2.44. The summed E-state index contributed by atoms with van der Waals surface area (Å²) < 4.78 is 5.21. The Balaban J connectivity index is 2.09. The van der Waals surface area contributed by atoms with Crippen molar-refractivity contribution in [1.82, 2.24) is 15.1 Å². The second kappa shape index (κ2) is 6.09. The van der Waals surface area contributed by atoms with Crippen LogP contribution in [0.3, 0.4) is 0 Å². The summed E-state index contributed by atoms with van der Waals surface area (Å²) in [5.74, 6) is 0. The quantitative estimate of drug-likeness (QED) is 0.820. The number of hydrogen-bond acceptors (Lipinski definition) is 4. The fourth-order valence-corrected chi connectivity index (χ4v) is 3.42. The first kappa shape index (κ1) is 14.6. The van der Waals surface area contributed by atoms with Crippen molar-refractivity contribution in [2.75, 3.05) is 39.3 Å². The van der Waals surface area contributed by atoms with Gasteiger partial charge in [-0.05, 0) is 33.6 Å². The molecule has 1 atom stereocenters. The van der Waals surface area contributed by atoms with E-state index in [0.29, 0.717) is 12.6 Å². The van der Waals surface area contributed by atoms with E-state index < -0.39 is 0 Å². The summed E-state index contributed by atoms with van der Waals surface area (Å²) in [6.07, 6.45) is 2.08. The molecule has 2 fully saturated rings. The highest BCUT2D eigenvalue weighted by Crippen LogP contribution is 2.32. The molecule has 2 rings (SSSR count). The van der Waals surface area contributed by atoms with E-state index in [-0.39, 0.29) is 11.6 Å². The lowest BCUT2D eigenvalue weighted by molar-refractivity contribution is -0.0184. The Morgan fingerprint density at radius 1 is 1.32 bits per heavy atom. The summed E-state index contributed by atoms with van der Waals surface area (Å²) in [5, 5.41) is 3.39. The zero-order valence-corrected chi connectivity index (χ0v) is 12.4. The Morgan fingerprint density at radius 3 is 2.63 bits per heavy atom. The lowest BCUT2D eigenvalue weighted by Crippen LogP contribution is -2.65. The van der Waals surface area contributed by atoms with Gasteiger partial charge in [-0.2, -0.15) is 0 Å². The third-order valence-electron chi connectivity index (χ3n) is 4.45. The zero-order chi connectivity index (χ0) is 13.9. The first-order chi connectivity index (χ1) is 9.07. The predicted molar refractivity (Wildman–Crippen MR) is 75.3 cm³/mol. The van der Waals surface area contributed by atoms with Gasteiger partial charge in [0.05, 0.1) is 12.1 Å². The van der Waals surface area contributed by atoms with Crippen molar-refractivity contribution >= 4 is 6.09 Å². The van der Waals surface area contributed by atoms with E-state index in [4.69, 9.17) is 4.74 Å². The maximum absolute atomic E-state index is 12.1. The number of rotatable bonds is 2. The van der Waals surface area contributed by atoms with Crippen molar-refractivity contribution in [3.63, 3.8) is 0 Å². The molecule has 5 nitrogen and oxygen atoms in total. The highest BCUT2D eigenvalue weighted by molar-refractivity contribution is 5.69. The molecule has 1 amide bonds. The first-order valence-electron chi connectivity index (χ1n) is 7.46. The third-order valence-corrected chi connectivity index (χ3v) is 4.45. The third kappa shape index (κ3) is 3.03. The average molecular weight is 269 g/mol. The van der Waals surface area contributed by atoms with Gasteiger partial charge in [-0.3, -0.25) is 4.90 Å². The number of hydrogen-bond donors (Lipinski definition) is 1. The number of nitrogens with zero attached hydrogens (tertiary/aromatic N) is 2. The van der Waals surface area contributed by atoms with Gasteiger partial charge in [0.15, 0.2) is 0 Å². The molecule has 0 bridgehead atoms. The zero-order valence-electron chi connectivity index (χ0n) is 12.4. The second-order valence-electron chi connectivity index (χ2n) is 5.95. The summed E-state index contributed by atoms with van der Waals surface area (Å²) in [6.45, 7) is 11.7. The van der Waals surface area contributed by atoms with E-state index in [1.54, 1.807) is 0 Å². The number of piperidine rings is 1. The van der Waals surface area contributed by atoms with Crippen molar-refractivity contribution < 1.29 is 9.53 Å². The molecule has 5 heteroatoms. The van der Waals surface area contributed by atoms with Crippen LogP contribution in [0.1, 0.15) is 33.6 Å². The summed E-state index contributed by atoms with van der Waals surface area (Å²) in [7, 11) is 0. The Morgan fingerprint density at radius 2 is 2.00 bits per heavy atom. The van der Waals surface area contributed by atoms with Gasteiger partial charge < -0.3 is 15.0 Å². The fourth-order valence-electron chi connectivity index (χ4n) is 3.42. The number of nitrogens with one attached hydrogen (secondary N) is 1. The number of piperazine rings is 1. The predicted octanol–water partition coefficient (Wildman–Crippen LogP) is 1.29. The van der Waals surface area contributed by atoms with Gasteiger partial charge in [0.2, 0.25) is 0 Å². The fraction of sp³-hybridized carbons (Fsp3) is 0.929. The molecule has 2 heterocycles. The van der Waals surface area contributed by atoms with E-state index >= 15 is 0 Å². The molecule has 0 aromatic heterocycles. The molecule has 2 aliphatic rings. The maximum Gasteiger partial charge on any atom is 0.410 e. The van der Waals surface area contributed by atoms with Crippen molar-refractivity contribution in [2.24, 2.45) is 0 Å². The minimum Gasteiger partial charge on any atom is -0.450 e. The number of ether oxygens (including phenoxy) is 1. The van der Waals surface area contributed by atoms with Crippen LogP contribution in [0.15, 0.2) is 0 Å². The van der Waals surface area contributed by atoms with E-state index in [1.165, 1.54) is 6.42 Å². The number of likely N-dealkylation sites (tertiary alicyclic amines) is 1. The van der Waals surface area contributed by atoms with E-state index in [2.05, 4.69) is 24.1 Å². The molecular weight excluding hydrogens is 242 g/mol. The van der Waals surface area contributed by atoms with E-state index in [0.717, 1.165) is 39.1 Å². The molecule has 0 aliphatic carbocycles. The SMILES string of the molecule is CCOC(=O)N1CCCC(N2CCNCC2)C1(C)C. The monoisotopic (exact) mass is 269 g/mol. The van der Waals surface area contributed by atoms with Crippen LogP contribution in [0, 0.1) is 0 Å². The first-order valence-corrected chi connectivity index (χ1v) is 7.46. The molecule has 0 spiro atoms. The minimum atomic E-state index is -0.160. The minimum absolute atomic E-state index is 0.151. The molecule has 0 radical (unpaired) electrons. The largest absolute Gasteiger partial charge is 0.450 e. The van der Waals surface area contributed by atoms with Crippen LogP contribution in [0.5, 0.6) is 0 Å². The Kier molecular flexibility index (Phi) is 4.68. The lowest BCUT2D eigenvalue weighted by atomic mass is 9.83. The summed E-state index contributed by atoms with van der Waals surface area (Å²) in [5.41, 5.74) is -0.151. The van der Waals surface area contributed by atoms with Crippen LogP contribution in [0.2, 0.25) is 0 Å². The van der Waals surface area contributed by atoms with Crippen LogP contribution in [-0.4, -0.2) is 66.8 Å². The van der Waals surface area contributed by atoms with Gasteiger partial charge in [-0.25, -0.2) is 4.79 Å². The number of carbonyl (C=O) groups is 1. The molecule has 0 aromatic rings. The van der Waals surface area contributed by atoms with Crippen molar-refractivity contribution in [1.29, 1.82) is 0 Å². The lowest BCUT2D eigenvalue weighted by Gasteiger charge is -2.52. The normalized spacial score (nSPS) is 28.2. The topological polar surface area (TPSA) is 44.8 Å². The summed E-state index contributed by atoms with van der Waals surface area (Å²) >= 11 is 0. The molecular formula is C14H27N3O2. The number of carbonyl (C=O) groups excluding carboxylic acids is 1. The van der Waals surface area contributed by atoms with Crippen LogP contribution in [0.25, 0.3) is 0 Å². The Labute approximate surface area is 116 Å². The molecule has 1 unspecified atom stereocenters. The maximum atomic E-state index is 12.1. The van der Waals surface area contributed by atoms with Crippen LogP contribution in [0.4, 0.5) is 4.79 Å². The summed E-state index contributed by atoms with van der Waals surface area (Å²) in [4.78, 5) is 16.6. The van der Waals surface area contributed by atoms with Gasteiger partial charge >= 0.3 is 6.09 Å². The van der Waals surface area contributed by atoms with E-state index in [1.807, 2.05) is 11.8 Å². The number of amides is 1. The molecule has 110 valence electrons. The Hall–Kier alpha value is -0.810. The van der Waals surface area contributed by atoms with Crippen molar-refractivity contribution in [2.45, 2.75) is 45.2 Å². The highest BCUT2D eigenvalue weighted by atomic mass is 16.6. The summed E-state index contributed by atoms with van der Waals surface area (Å²) in [6, 6.07) is 0.438. The Bertz CT molecular complexity index is 314. The molecule has 2 aliphatic heterocycles. The second-order valence-corrected chi connectivity index (χ2v) is 5.95. The molecule has 2 saturated heterocycles. The molecule has 19 heavy (non-hydrogen) atoms. The molecule has 0 aromatic carbocycles. The molecule has 1 N–H and O–H groups in total. The van der Waals surface area contributed by atoms with Crippen LogP contribution < -0.4 is 5.32 Å². The van der Waals surface area contributed by atoms with Gasteiger partial charge in [0.1, 0.15) is 0 Å². The van der Waals surface area contributed by atoms with Crippen LogP contribution in [-0.2, 0) is 4.74 Å². The average Bonchev–Trinajstić information content (AvgIpc) is 2.39. The van der Waals surface area contributed by atoms with Gasteiger partial charge in [-0.15, -0.1) is 0 Å². The molecule has 0 saturated carbocycles. The smallest absolute Gasteiger partial charge is 0.410 e. The van der Waals surface area contributed by atoms with Gasteiger partial charge in [0.25, 0.3) is 0 Å².